The van der Waals surface area contributed by atoms with Crippen LogP contribution in [0.25, 0.3) is 0 Å². The first-order valence-electron chi connectivity index (χ1n) is 7.77. The monoisotopic (exact) mass is 312 g/mol. The Kier molecular flexibility index (Phi) is 5.41. The van der Waals surface area contributed by atoms with E-state index in [2.05, 4.69) is 33.0 Å². The average Bonchev–Trinajstić information content (AvgIpc) is 2.90. The Balaban J connectivity index is 2.37. The molecule has 1 N–H and O–H groups in total. The maximum absolute atomic E-state index is 5.90. The zero-order chi connectivity index (χ0) is 15.5. The first kappa shape index (κ1) is 16.9. The second kappa shape index (κ2) is 6.73. The zero-order valence-corrected chi connectivity index (χ0v) is 14.7. The molecule has 0 aliphatic carbocycles. The van der Waals surface area contributed by atoms with Gasteiger partial charge in [-0.15, -0.1) is 11.3 Å². The van der Waals surface area contributed by atoms with Crippen LogP contribution in [0.3, 0.4) is 0 Å². The molecule has 0 radical (unpaired) electrons. The fraction of sp³-hybridized carbons (Fsp3) is 0.812. The van der Waals surface area contributed by atoms with Gasteiger partial charge in [0.25, 0.3) is 0 Å². The minimum Gasteiger partial charge on any atom is -0.381 e. The largest absolute Gasteiger partial charge is 0.381 e. The van der Waals surface area contributed by atoms with Gasteiger partial charge >= 0.3 is 0 Å². The van der Waals surface area contributed by atoms with Crippen molar-refractivity contribution in [3.63, 3.8) is 0 Å². The topological polar surface area (TPSA) is 43.4 Å². The molecule has 1 aromatic rings. The van der Waals surface area contributed by atoms with Gasteiger partial charge in [-0.05, 0) is 6.54 Å². The summed E-state index contributed by atoms with van der Waals surface area (Å²) in [5.41, 5.74) is 0.999. The van der Waals surface area contributed by atoms with E-state index in [9.17, 15) is 0 Å². The van der Waals surface area contributed by atoms with Gasteiger partial charge in [0.1, 0.15) is 10.6 Å². The molecular formula is C16H28N2O2S. The highest BCUT2D eigenvalue weighted by Gasteiger charge is 2.39. The van der Waals surface area contributed by atoms with Crippen LogP contribution in [0.4, 0.5) is 0 Å². The maximum atomic E-state index is 5.90. The van der Waals surface area contributed by atoms with Gasteiger partial charge < -0.3 is 14.8 Å². The van der Waals surface area contributed by atoms with Crippen molar-refractivity contribution in [2.45, 2.75) is 58.1 Å². The Labute approximate surface area is 132 Å². The number of hydrogen-bond donors (Lipinski definition) is 1. The lowest BCUT2D eigenvalue weighted by atomic mass is 9.90. The van der Waals surface area contributed by atoms with Crippen molar-refractivity contribution in [1.29, 1.82) is 0 Å². The van der Waals surface area contributed by atoms with Crippen LogP contribution in [0.2, 0.25) is 0 Å². The molecule has 21 heavy (non-hydrogen) atoms. The lowest BCUT2D eigenvalue weighted by Gasteiger charge is -2.34. The number of nitrogens with one attached hydrogen (secondary N) is 1. The molecule has 0 unspecified atom stereocenters. The highest BCUT2D eigenvalue weighted by molar-refractivity contribution is 7.11. The van der Waals surface area contributed by atoms with Crippen LogP contribution in [0.1, 0.15) is 56.1 Å². The number of aromatic nitrogens is 1. The van der Waals surface area contributed by atoms with E-state index < -0.39 is 0 Å². The summed E-state index contributed by atoms with van der Waals surface area (Å²) in [6, 6.07) is 0. The van der Waals surface area contributed by atoms with Gasteiger partial charge in [0.05, 0.1) is 5.69 Å². The third kappa shape index (κ3) is 3.65. The fourth-order valence-electron chi connectivity index (χ4n) is 2.70. The van der Waals surface area contributed by atoms with Gasteiger partial charge in [0.15, 0.2) is 0 Å². The van der Waals surface area contributed by atoms with Gasteiger partial charge in [-0.25, -0.2) is 4.98 Å². The molecule has 0 amide bonds. The summed E-state index contributed by atoms with van der Waals surface area (Å²) in [5.74, 6) is 0. The van der Waals surface area contributed by atoms with Crippen molar-refractivity contribution in [3.05, 3.63) is 15.6 Å². The summed E-state index contributed by atoms with van der Waals surface area (Å²) in [7, 11) is 1.80. The number of ether oxygens (including phenoxy) is 2. The van der Waals surface area contributed by atoms with E-state index in [1.165, 1.54) is 10.6 Å². The molecule has 0 aromatic carbocycles. The first-order valence-corrected chi connectivity index (χ1v) is 8.59. The third-order valence-electron chi connectivity index (χ3n) is 4.02. The molecule has 0 spiro atoms. The highest BCUT2D eigenvalue weighted by Crippen LogP contribution is 2.41. The smallest absolute Gasteiger partial charge is 0.125 e. The van der Waals surface area contributed by atoms with E-state index in [0.717, 1.165) is 44.2 Å². The average molecular weight is 312 g/mol. The Bertz CT molecular complexity index is 459. The molecule has 0 atom stereocenters. The molecule has 0 saturated carbocycles. The molecule has 2 heterocycles. The molecule has 2 rings (SSSR count). The Morgan fingerprint density at radius 1 is 1.33 bits per heavy atom. The highest BCUT2D eigenvalue weighted by atomic mass is 32.1. The normalized spacial score (nSPS) is 18.9. The summed E-state index contributed by atoms with van der Waals surface area (Å²) >= 11 is 1.80. The third-order valence-corrected chi connectivity index (χ3v) is 5.27. The summed E-state index contributed by atoms with van der Waals surface area (Å²) < 4.78 is 11.4. The van der Waals surface area contributed by atoms with Crippen molar-refractivity contribution in [1.82, 2.24) is 10.3 Å². The SMILES string of the molecule is CCNCc1sc(C2(OC)CCOCC2)nc1C(C)(C)C. The molecule has 4 nitrogen and oxygen atoms in total. The molecule has 1 aliphatic heterocycles. The number of nitrogens with zero attached hydrogens (tertiary/aromatic N) is 1. The van der Waals surface area contributed by atoms with Crippen molar-refractivity contribution < 1.29 is 9.47 Å². The molecule has 1 aliphatic rings. The second-order valence-electron chi connectivity index (χ2n) is 6.63. The van der Waals surface area contributed by atoms with Gasteiger partial charge in [0, 0.05) is 50.0 Å². The molecule has 120 valence electrons. The predicted octanol–water partition coefficient (Wildman–Crippen LogP) is 3.20. The van der Waals surface area contributed by atoms with Crippen molar-refractivity contribution in [2.24, 2.45) is 0 Å². The predicted molar refractivity (Wildman–Crippen MR) is 86.9 cm³/mol. The van der Waals surface area contributed by atoms with E-state index >= 15 is 0 Å². The number of rotatable bonds is 5. The van der Waals surface area contributed by atoms with Crippen molar-refractivity contribution in [2.75, 3.05) is 26.9 Å². The van der Waals surface area contributed by atoms with Gasteiger partial charge in [-0.3, -0.25) is 0 Å². The summed E-state index contributed by atoms with van der Waals surface area (Å²) in [5, 5.41) is 4.55. The van der Waals surface area contributed by atoms with E-state index in [1.807, 2.05) is 0 Å². The zero-order valence-electron chi connectivity index (χ0n) is 13.9. The Morgan fingerprint density at radius 3 is 2.52 bits per heavy atom. The maximum Gasteiger partial charge on any atom is 0.125 e. The van der Waals surface area contributed by atoms with E-state index in [4.69, 9.17) is 14.5 Å². The molecule has 1 fully saturated rings. The van der Waals surface area contributed by atoms with Gasteiger partial charge in [-0.2, -0.15) is 0 Å². The summed E-state index contributed by atoms with van der Waals surface area (Å²) in [4.78, 5) is 6.33. The van der Waals surface area contributed by atoms with E-state index in [0.29, 0.717) is 0 Å². The van der Waals surface area contributed by atoms with Gasteiger partial charge in [-0.1, -0.05) is 27.7 Å². The second-order valence-corrected chi connectivity index (χ2v) is 7.72. The molecule has 0 bridgehead atoms. The van der Waals surface area contributed by atoms with E-state index in [-0.39, 0.29) is 11.0 Å². The standard InChI is InChI=1S/C16H28N2O2S/c1-6-17-11-12-13(15(2,3)4)18-14(21-12)16(19-5)7-9-20-10-8-16/h17H,6-11H2,1-5H3. The Hall–Kier alpha value is -0.490. The number of thiazole rings is 1. The van der Waals surface area contributed by atoms with Crippen LogP contribution >= 0.6 is 11.3 Å². The quantitative estimate of drug-likeness (QED) is 0.907. The lowest BCUT2D eigenvalue weighted by molar-refractivity contribution is -0.0949. The van der Waals surface area contributed by atoms with Crippen LogP contribution < -0.4 is 5.32 Å². The van der Waals surface area contributed by atoms with E-state index in [1.54, 1.807) is 18.4 Å². The summed E-state index contributed by atoms with van der Waals surface area (Å²) in [6.07, 6.45) is 1.78. The minimum atomic E-state index is -0.257. The van der Waals surface area contributed by atoms with Crippen LogP contribution in [0.5, 0.6) is 0 Å². The number of hydrogen-bond acceptors (Lipinski definition) is 5. The van der Waals surface area contributed by atoms with Crippen molar-refractivity contribution in [3.8, 4) is 0 Å². The van der Waals surface area contributed by atoms with Crippen LogP contribution in [-0.4, -0.2) is 31.9 Å². The molecular weight excluding hydrogens is 284 g/mol. The molecule has 5 heteroatoms. The van der Waals surface area contributed by atoms with Crippen LogP contribution in [0, 0.1) is 0 Å². The van der Waals surface area contributed by atoms with Gasteiger partial charge in [0.2, 0.25) is 0 Å². The van der Waals surface area contributed by atoms with Crippen LogP contribution in [0.15, 0.2) is 0 Å². The molecule has 1 saturated heterocycles. The minimum absolute atomic E-state index is 0.0552. The Morgan fingerprint density at radius 2 is 2.00 bits per heavy atom. The lowest BCUT2D eigenvalue weighted by Crippen LogP contribution is -2.35. The van der Waals surface area contributed by atoms with Crippen molar-refractivity contribution >= 4 is 11.3 Å². The molecule has 1 aromatic heterocycles. The summed E-state index contributed by atoms with van der Waals surface area (Å²) in [6.45, 7) is 12.2. The first-order chi connectivity index (χ1) is 9.93. The number of methoxy groups -OCH3 is 1. The van der Waals surface area contributed by atoms with Crippen LogP contribution in [-0.2, 0) is 27.0 Å². The fourth-order valence-corrected chi connectivity index (χ4v) is 4.16.